The molecule has 22 heavy (non-hydrogen) atoms. The summed E-state index contributed by atoms with van der Waals surface area (Å²) in [4.78, 5) is 12.2. The SMILES string of the molecule is CC1CCCC(NC(=O)Cc2cnn(-c3ccccc3)c2)C1. The molecule has 1 aliphatic carbocycles. The van der Waals surface area contributed by atoms with Crippen LogP contribution in [0.5, 0.6) is 0 Å². The maximum absolute atomic E-state index is 12.2. The molecule has 4 heteroatoms. The number of benzene rings is 1. The summed E-state index contributed by atoms with van der Waals surface area (Å²) < 4.78 is 1.81. The van der Waals surface area contributed by atoms with Crippen LogP contribution in [0.25, 0.3) is 5.69 Å². The lowest BCUT2D eigenvalue weighted by molar-refractivity contribution is -0.121. The lowest BCUT2D eigenvalue weighted by Crippen LogP contribution is -2.38. The summed E-state index contributed by atoms with van der Waals surface area (Å²) in [5.41, 5.74) is 1.96. The Kier molecular flexibility index (Phi) is 4.56. The molecule has 0 bridgehead atoms. The first-order valence-corrected chi connectivity index (χ1v) is 8.09. The third kappa shape index (κ3) is 3.75. The molecule has 0 spiro atoms. The number of carbonyl (C=O) groups is 1. The molecule has 1 aliphatic rings. The highest BCUT2D eigenvalue weighted by atomic mass is 16.1. The Morgan fingerprint density at radius 2 is 2.14 bits per heavy atom. The van der Waals surface area contributed by atoms with Crippen molar-refractivity contribution < 1.29 is 4.79 Å². The molecule has 3 rings (SSSR count). The van der Waals surface area contributed by atoms with Crippen LogP contribution in [0.1, 0.15) is 38.2 Å². The molecule has 1 aromatic carbocycles. The minimum atomic E-state index is 0.103. The molecule has 2 unspecified atom stereocenters. The fraction of sp³-hybridized carbons (Fsp3) is 0.444. The molecule has 1 N–H and O–H groups in total. The van der Waals surface area contributed by atoms with Gasteiger partial charge in [0, 0.05) is 12.2 Å². The van der Waals surface area contributed by atoms with Gasteiger partial charge in [-0.15, -0.1) is 0 Å². The number of hydrogen-bond donors (Lipinski definition) is 1. The Balaban J connectivity index is 1.57. The van der Waals surface area contributed by atoms with E-state index >= 15 is 0 Å². The standard InChI is InChI=1S/C18H23N3O/c1-14-6-5-7-16(10-14)20-18(22)11-15-12-19-21(13-15)17-8-3-2-4-9-17/h2-4,8-9,12-14,16H,5-7,10-11H2,1H3,(H,20,22). The first kappa shape index (κ1) is 14.8. The summed E-state index contributed by atoms with van der Waals surface area (Å²) >= 11 is 0. The highest BCUT2D eigenvalue weighted by Crippen LogP contribution is 2.23. The van der Waals surface area contributed by atoms with Crippen molar-refractivity contribution >= 4 is 5.91 Å². The highest BCUT2D eigenvalue weighted by Gasteiger charge is 2.20. The van der Waals surface area contributed by atoms with Crippen molar-refractivity contribution in [1.29, 1.82) is 0 Å². The van der Waals surface area contributed by atoms with Gasteiger partial charge in [0.05, 0.1) is 18.3 Å². The van der Waals surface area contributed by atoms with Crippen molar-refractivity contribution in [2.75, 3.05) is 0 Å². The molecular weight excluding hydrogens is 274 g/mol. The largest absolute Gasteiger partial charge is 0.353 e. The predicted octanol–water partition coefficient (Wildman–Crippen LogP) is 3.11. The third-order valence-electron chi connectivity index (χ3n) is 4.32. The Hall–Kier alpha value is -2.10. The van der Waals surface area contributed by atoms with Gasteiger partial charge in [0.25, 0.3) is 0 Å². The summed E-state index contributed by atoms with van der Waals surface area (Å²) in [5, 5.41) is 7.51. The molecule has 2 atom stereocenters. The van der Waals surface area contributed by atoms with Crippen LogP contribution in [0, 0.1) is 5.92 Å². The normalized spacial score (nSPS) is 21.5. The first-order valence-electron chi connectivity index (χ1n) is 8.09. The molecule has 0 aliphatic heterocycles. The molecule has 4 nitrogen and oxygen atoms in total. The van der Waals surface area contributed by atoms with Crippen LogP contribution in [0.15, 0.2) is 42.7 Å². The number of carbonyl (C=O) groups excluding carboxylic acids is 1. The summed E-state index contributed by atoms with van der Waals surface area (Å²) in [5.74, 6) is 0.826. The second-order valence-electron chi connectivity index (χ2n) is 6.34. The molecule has 1 amide bonds. The van der Waals surface area contributed by atoms with Gasteiger partial charge in [-0.3, -0.25) is 4.79 Å². The zero-order valence-corrected chi connectivity index (χ0v) is 13.0. The van der Waals surface area contributed by atoms with Gasteiger partial charge in [0.15, 0.2) is 0 Å². The van der Waals surface area contributed by atoms with E-state index in [1.807, 2.05) is 41.2 Å². The smallest absolute Gasteiger partial charge is 0.224 e. The Morgan fingerprint density at radius 1 is 1.32 bits per heavy atom. The van der Waals surface area contributed by atoms with Crippen molar-refractivity contribution in [3.05, 3.63) is 48.3 Å². The fourth-order valence-electron chi connectivity index (χ4n) is 3.20. The Bertz CT molecular complexity index is 620. The number of aromatic nitrogens is 2. The van der Waals surface area contributed by atoms with Gasteiger partial charge in [0.2, 0.25) is 5.91 Å². The molecule has 2 aromatic rings. The molecule has 116 valence electrons. The van der Waals surface area contributed by atoms with E-state index < -0.39 is 0 Å². The van der Waals surface area contributed by atoms with Crippen molar-refractivity contribution in [2.24, 2.45) is 5.92 Å². The van der Waals surface area contributed by atoms with Gasteiger partial charge < -0.3 is 5.32 Å². The van der Waals surface area contributed by atoms with Gasteiger partial charge >= 0.3 is 0 Å². The van der Waals surface area contributed by atoms with Crippen LogP contribution in [-0.4, -0.2) is 21.7 Å². The zero-order valence-electron chi connectivity index (χ0n) is 13.0. The number of nitrogens with zero attached hydrogens (tertiary/aromatic N) is 2. The summed E-state index contributed by atoms with van der Waals surface area (Å²) in [6.07, 6.45) is 8.83. The number of rotatable bonds is 4. The van der Waals surface area contributed by atoms with Gasteiger partial charge in [0.1, 0.15) is 0 Å². The van der Waals surface area contributed by atoms with E-state index in [2.05, 4.69) is 17.3 Å². The van der Waals surface area contributed by atoms with E-state index in [0.717, 1.165) is 30.0 Å². The van der Waals surface area contributed by atoms with E-state index in [-0.39, 0.29) is 5.91 Å². The van der Waals surface area contributed by atoms with Crippen molar-refractivity contribution in [1.82, 2.24) is 15.1 Å². The van der Waals surface area contributed by atoms with Gasteiger partial charge in [-0.25, -0.2) is 4.68 Å². The predicted molar refractivity (Wildman–Crippen MR) is 86.8 cm³/mol. The quantitative estimate of drug-likeness (QED) is 0.942. The Morgan fingerprint density at radius 3 is 2.91 bits per heavy atom. The van der Waals surface area contributed by atoms with Crippen molar-refractivity contribution in [3.63, 3.8) is 0 Å². The van der Waals surface area contributed by atoms with Crippen LogP contribution in [0.2, 0.25) is 0 Å². The second-order valence-corrected chi connectivity index (χ2v) is 6.34. The van der Waals surface area contributed by atoms with E-state index in [1.165, 1.54) is 12.8 Å². The topological polar surface area (TPSA) is 46.9 Å². The highest BCUT2D eigenvalue weighted by molar-refractivity contribution is 5.78. The number of hydrogen-bond acceptors (Lipinski definition) is 2. The lowest BCUT2D eigenvalue weighted by Gasteiger charge is -2.27. The van der Waals surface area contributed by atoms with Crippen LogP contribution in [0.4, 0.5) is 0 Å². The maximum atomic E-state index is 12.2. The van der Waals surface area contributed by atoms with Gasteiger partial charge in [-0.2, -0.15) is 5.10 Å². The van der Waals surface area contributed by atoms with Crippen LogP contribution >= 0.6 is 0 Å². The van der Waals surface area contributed by atoms with E-state index in [9.17, 15) is 4.79 Å². The minimum Gasteiger partial charge on any atom is -0.353 e. The monoisotopic (exact) mass is 297 g/mol. The zero-order chi connectivity index (χ0) is 15.4. The Labute approximate surface area is 131 Å². The van der Waals surface area contributed by atoms with Crippen molar-refractivity contribution in [3.8, 4) is 5.69 Å². The molecule has 0 radical (unpaired) electrons. The maximum Gasteiger partial charge on any atom is 0.224 e. The molecule has 1 fully saturated rings. The molecule has 0 saturated heterocycles. The van der Waals surface area contributed by atoms with Crippen molar-refractivity contribution in [2.45, 2.75) is 45.1 Å². The lowest BCUT2D eigenvalue weighted by atomic mass is 9.87. The van der Waals surface area contributed by atoms with Gasteiger partial charge in [-0.05, 0) is 36.5 Å². The first-order chi connectivity index (χ1) is 10.7. The minimum absolute atomic E-state index is 0.103. The molecule has 1 aromatic heterocycles. The van der Waals surface area contributed by atoms with Crippen LogP contribution in [-0.2, 0) is 11.2 Å². The number of amides is 1. The fourth-order valence-corrected chi connectivity index (χ4v) is 3.20. The van der Waals surface area contributed by atoms with Crippen LogP contribution < -0.4 is 5.32 Å². The summed E-state index contributed by atoms with van der Waals surface area (Å²) in [7, 11) is 0. The van der Waals surface area contributed by atoms with Gasteiger partial charge in [-0.1, -0.05) is 38.0 Å². The van der Waals surface area contributed by atoms with E-state index in [0.29, 0.717) is 12.5 Å². The molecule has 1 saturated carbocycles. The third-order valence-corrected chi connectivity index (χ3v) is 4.32. The van der Waals surface area contributed by atoms with E-state index in [1.54, 1.807) is 6.20 Å². The number of nitrogens with one attached hydrogen (secondary N) is 1. The second kappa shape index (κ2) is 6.77. The molecular formula is C18H23N3O. The molecule has 1 heterocycles. The average molecular weight is 297 g/mol. The number of para-hydroxylation sites is 1. The summed E-state index contributed by atoms with van der Waals surface area (Å²) in [6.45, 7) is 2.27. The summed E-state index contributed by atoms with van der Waals surface area (Å²) in [6, 6.07) is 10.3. The average Bonchev–Trinajstić information content (AvgIpc) is 2.96. The van der Waals surface area contributed by atoms with Crippen LogP contribution in [0.3, 0.4) is 0 Å². The van der Waals surface area contributed by atoms with E-state index in [4.69, 9.17) is 0 Å².